The number of aromatic nitrogens is 3. The van der Waals surface area contributed by atoms with Gasteiger partial charge in [0.1, 0.15) is 5.82 Å². The molecule has 170 valence electrons. The van der Waals surface area contributed by atoms with Crippen LogP contribution in [0, 0.1) is 17.1 Å². The molecule has 34 heavy (non-hydrogen) atoms. The lowest BCUT2D eigenvalue weighted by Gasteiger charge is -2.11. The van der Waals surface area contributed by atoms with Crippen molar-refractivity contribution in [2.45, 2.75) is 16.6 Å². The normalized spacial score (nSPS) is 10.6. The Labute approximate surface area is 205 Å². The Hall–Kier alpha value is -3.61. The maximum atomic E-state index is 13.4. The summed E-state index contributed by atoms with van der Waals surface area (Å²) in [5.41, 5.74) is 2.47. The number of nitriles is 1. The number of nitrogens with one attached hydrogen (secondary N) is 1. The number of rotatable bonds is 9. The Morgan fingerprint density at radius 2 is 1.71 bits per heavy atom. The quantitative estimate of drug-likeness (QED) is 0.314. The first kappa shape index (κ1) is 23.5. The molecule has 4 rings (SSSR count). The first-order valence-corrected chi connectivity index (χ1v) is 12.4. The molecular weight excluding hydrogens is 469 g/mol. The first-order valence-electron chi connectivity index (χ1n) is 10.4. The number of nitrogens with zero attached hydrogens (tertiary/aromatic N) is 4. The number of benzene rings is 3. The molecule has 0 saturated heterocycles. The molecule has 0 saturated carbocycles. The largest absolute Gasteiger partial charge is 0.324 e. The molecule has 0 bridgehead atoms. The van der Waals surface area contributed by atoms with Crippen molar-refractivity contribution in [1.29, 1.82) is 5.26 Å². The number of amides is 1. The van der Waals surface area contributed by atoms with Crippen molar-refractivity contribution in [3.05, 3.63) is 90.2 Å². The van der Waals surface area contributed by atoms with Crippen LogP contribution in [-0.2, 0) is 11.3 Å². The van der Waals surface area contributed by atoms with Gasteiger partial charge in [-0.25, -0.2) is 4.39 Å². The zero-order valence-electron chi connectivity index (χ0n) is 18.0. The minimum atomic E-state index is -0.322. The molecule has 1 N–H and O–H groups in total. The molecule has 0 unspecified atom stereocenters. The third kappa shape index (κ3) is 6.04. The Morgan fingerprint density at radius 3 is 2.47 bits per heavy atom. The summed E-state index contributed by atoms with van der Waals surface area (Å²) >= 11 is 2.65. The minimum Gasteiger partial charge on any atom is -0.324 e. The van der Waals surface area contributed by atoms with Crippen molar-refractivity contribution in [2.75, 3.05) is 16.8 Å². The van der Waals surface area contributed by atoms with E-state index in [0.717, 1.165) is 16.0 Å². The van der Waals surface area contributed by atoms with E-state index in [4.69, 9.17) is 5.26 Å². The van der Waals surface area contributed by atoms with E-state index in [1.54, 1.807) is 12.1 Å². The standard InChI is InChI=1S/C25H20FN5OS2/c26-20-12-10-19(11-13-20)24-29-30-25(31(24)16-18-6-2-1-3-7-18)34-17-23(32)28-21-8-4-5-9-22(21)33-15-14-27/h1-13H,15-17H2,(H,28,32). The summed E-state index contributed by atoms with van der Waals surface area (Å²) < 4.78 is 15.4. The highest BCUT2D eigenvalue weighted by Crippen LogP contribution is 2.28. The number of para-hydroxylation sites is 1. The van der Waals surface area contributed by atoms with E-state index >= 15 is 0 Å². The molecule has 0 aliphatic heterocycles. The van der Waals surface area contributed by atoms with Crippen LogP contribution in [0.15, 0.2) is 88.9 Å². The molecule has 0 atom stereocenters. The van der Waals surface area contributed by atoms with Crippen molar-refractivity contribution >= 4 is 35.1 Å². The van der Waals surface area contributed by atoms with Gasteiger partial charge in [0, 0.05) is 10.5 Å². The Balaban J connectivity index is 1.52. The van der Waals surface area contributed by atoms with Gasteiger partial charge in [-0.1, -0.05) is 54.2 Å². The van der Waals surface area contributed by atoms with Gasteiger partial charge < -0.3 is 5.32 Å². The number of halogens is 1. The van der Waals surface area contributed by atoms with E-state index in [0.29, 0.717) is 29.0 Å². The van der Waals surface area contributed by atoms with E-state index in [9.17, 15) is 9.18 Å². The SMILES string of the molecule is N#CCSc1ccccc1NC(=O)CSc1nnc(-c2ccc(F)cc2)n1Cc1ccccc1. The van der Waals surface area contributed by atoms with Crippen LogP contribution < -0.4 is 5.32 Å². The van der Waals surface area contributed by atoms with Crippen LogP contribution in [0.25, 0.3) is 11.4 Å². The number of carbonyl (C=O) groups excluding carboxylic acids is 1. The van der Waals surface area contributed by atoms with Crippen LogP contribution in [0.1, 0.15) is 5.56 Å². The summed E-state index contributed by atoms with van der Waals surface area (Å²) in [5, 5.41) is 21.0. The molecule has 0 radical (unpaired) electrons. The van der Waals surface area contributed by atoms with Gasteiger partial charge in [-0.05, 0) is 42.0 Å². The van der Waals surface area contributed by atoms with Crippen LogP contribution in [0.5, 0.6) is 0 Å². The molecule has 6 nitrogen and oxygen atoms in total. The molecule has 0 spiro atoms. The lowest BCUT2D eigenvalue weighted by Crippen LogP contribution is -2.15. The summed E-state index contributed by atoms with van der Waals surface area (Å²) in [6.07, 6.45) is 0. The topological polar surface area (TPSA) is 83.6 Å². The molecule has 1 amide bonds. The molecule has 0 aliphatic rings. The minimum absolute atomic E-state index is 0.133. The lowest BCUT2D eigenvalue weighted by atomic mass is 10.2. The summed E-state index contributed by atoms with van der Waals surface area (Å²) in [4.78, 5) is 13.5. The van der Waals surface area contributed by atoms with Gasteiger partial charge in [0.05, 0.1) is 29.8 Å². The molecule has 9 heteroatoms. The third-order valence-corrected chi connectivity index (χ3v) is 6.70. The van der Waals surface area contributed by atoms with Gasteiger partial charge in [0.25, 0.3) is 0 Å². The number of hydrogen-bond acceptors (Lipinski definition) is 6. The summed E-state index contributed by atoms with van der Waals surface area (Å²) in [6.45, 7) is 0.512. The predicted molar refractivity (Wildman–Crippen MR) is 133 cm³/mol. The van der Waals surface area contributed by atoms with Gasteiger partial charge in [-0.2, -0.15) is 5.26 Å². The van der Waals surface area contributed by atoms with E-state index in [2.05, 4.69) is 21.6 Å². The second kappa shape index (κ2) is 11.5. The van der Waals surface area contributed by atoms with Gasteiger partial charge in [0.15, 0.2) is 11.0 Å². The average molecular weight is 490 g/mol. The number of anilines is 1. The summed E-state index contributed by atoms with van der Waals surface area (Å²) in [5.74, 6) is 0.527. The highest BCUT2D eigenvalue weighted by Gasteiger charge is 2.17. The Morgan fingerprint density at radius 1 is 0.971 bits per heavy atom. The molecule has 1 heterocycles. The fourth-order valence-electron chi connectivity index (χ4n) is 3.24. The molecule has 3 aromatic carbocycles. The third-order valence-electron chi connectivity index (χ3n) is 4.79. The fourth-order valence-corrected chi connectivity index (χ4v) is 4.65. The van der Waals surface area contributed by atoms with Crippen LogP contribution in [0.4, 0.5) is 10.1 Å². The average Bonchev–Trinajstić information content (AvgIpc) is 3.25. The zero-order chi connectivity index (χ0) is 23.8. The maximum Gasteiger partial charge on any atom is 0.234 e. The molecule has 0 aliphatic carbocycles. The molecule has 1 aromatic heterocycles. The van der Waals surface area contributed by atoms with Crippen molar-refractivity contribution < 1.29 is 9.18 Å². The number of carbonyl (C=O) groups is 1. The van der Waals surface area contributed by atoms with Crippen molar-refractivity contribution in [3.8, 4) is 17.5 Å². The summed E-state index contributed by atoms with van der Waals surface area (Å²) in [7, 11) is 0. The lowest BCUT2D eigenvalue weighted by molar-refractivity contribution is -0.113. The van der Waals surface area contributed by atoms with E-state index in [-0.39, 0.29) is 17.5 Å². The van der Waals surface area contributed by atoms with Crippen LogP contribution in [-0.4, -0.2) is 32.2 Å². The van der Waals surface area contributed by atoms with Crippen molar-refractivity contribution in [2.24, 2.45) is 0 Å². The monoisotopic (exact) mass is 489 g/mol. The number of hydrogen-bond donors (Lipinski definition) is 1. The Kier molecular flexibility index (Phi) is 7.96. The fraction of sp³-hybridized carbons (Fsp3) is 0.120. The maximum absolute atomic E-state index is 13.4. The highest BCUT2D eigenvalue weighted by molar-refractivity contribution is 8.00. The van der Waals surface area contributed by atoms with Crippen molar-refractivity contribution in [3.63, 3.8) is 0 Å². The van der Waals surface area contributed by atoms with Crippen molar-refractivity contribution in [1.82, 2.24) is 14.8 Å². The molecular formula is C25H20FN5OS2. The smallest absolute Gasteiger partial charge is 0.234 e. The molecule has 4 aromatic rings. The first-order chi connectivity index (χ1) is 16.6. The van der Waals surface area contributed by atoms with E-state index in [1.165, 1.54) is 35.7 Å². The highest BCUT2D eigenvalue weighted by atomic mass is 32.2. The van der Waals surface area contributed by atoms with Crippen LogP contribution in [0.3, 0.4) is 0 Å². The Bertz CT molecular complexity index is 1300. The predicted octanol–water partition coefficient (Wildman–Crippen LogP) is 5.48. The summed E-state index contributed by atoms with van der Waals surface area (Å²) in [6, 6.07) is 25.5. The van der Waals surface area contributed by atoms with E-state index in [1.807, 2.05) is 59.2 Å². The second-order valence-corrected chi connectivity index (χ2v) is 9.12. The number of thioether (sulfide) groups is 2. The van der Waals surface area contributed by atoms with Gasteiger partial charge in [-0.15, -0.1) is 22.0 Å². The zero-order valence-corrected chi connectivity index (χ0v) is 19.7. The van der Waals surface area contributed by atoms with E-state index < -0.39 is 0 Å². The van der Waals surface area contributed by atoms with Crippen LogP contribution in [0.2, 0.25) is 0 Å². The van der Waals surface area contributed by atoms with Gasteiger partial charge in [-0.3, -0.25) is 9.36 Å². The second-order valence-electron chi connectivity index (χ2n) is 7.16. The molecule has 0 fully saturated rings. The van der Waals surface area contributed by atoms with Gasteiger partial charge >= 0.3 is 0 Å². The van der Waals surface area contributed by atoms with Crippen LogP contribution >= 0.6 is 23.5 Å². The van der Waals surface area contributed by atoms with Gasteiger partial charge in [0.2, 0.25) is 5.91 Å².